The number of aromatic nitrogens is 3. The van der Waals surface area contributed by atoms with Crippen LogP contribution in [0.4, 0.5) is 0 Å². The minimum Gasteiger partial charge on any atom is -0.325 e. The van der Waals surface area contributed by atoms with E-state index in [2.05, 4.69) is 10.3 Å². The number of nitrogens with zero attached hydrogens (tertiary/aromatic N) is 3. The Morgan fingerprint density at radius 3 is 2.53 bits per heavy atom. The maximum Gasteiger partial charge on any atom is 0.104 e. The second-order valence-corrected chi connectivity index (χ2v) is 3.73. The first kappa shape index (κ1) is 10.4. The second-order valence-electron chi connectivity index (χ2n) is 2.91. The van der Waals surface area contributed by atoms with Gasteiger partial charge in [-0.1, -0.05) is 34.5 Å². The molecule has 0 spiro atoms. The number of nitrogens with two attached hydrogens (primary N) is 1. The fourth-order valence-corrected chi connectivity index (χ4v) is 1.83. The molecule has 0 aliphatic carbocycles. The summed E-state index contributed by atoms with van der Waals surface area (Å²) in [5, 5.41) is 8.70. The largest absolute Gasteiger partial charge is 0.325 e. The monoisotopic (exact) mass is 242 g/mol. The van der Waals surface area contributed by atoms with Gasteiger partial charge >= 0.3 is 0 Å². The third-order valence-corrected chi connectivity index (χ3v) is 2.59. The van der Waals surface area contributed by atoms with Crippen LogP contribution >= 0.6 is 23.2 Å². The van der Waals surface area contributed by atoms with Crippen molar-refractivity contribution in [2.75, 3.05) is 0 Å². The first-order chi connectivity index (χ1) is 7.24. The van der Waals surface area contributed by atoms with Gasteiger partial charge < -0.3 is 5.73 Å². The van der Waals surface area contributed by atoms with Crippen molar-refractivity contribution in [1.29, 1.82) is 0 Å². The standard InChI is InChI=1S/C9H8Cl2N4/c10-7-2-1-3-8(11)9(7)15-6(4-12)5-13-14-15/h1-3,5H,4,12H2. The van der Waals surface area contributed by atoms with Gasteiger partial charge in [-0.05, 0) is 12.1 Å². The smallest absolute Gasteiger partial charge is 0.104 e. The molecular formula is C9H8Cl2N4. The van der Waals surface area contributed by atoms with E-state index in [9.17, 15) is 0 Å². The van der Waals surface area contributed by atoms with Crippen molar-refractivity contribution in [2.24, 2.45) is 5.73 Å². The Hall–Kier alpha value is -1.10. The Morgan fingerprint density at radius 1 is 1.27 bits per heavy atom. The van der Waals surface area contributed by atoms with E-state index >= 15 is 0 Å². The number of halogens is 2. The number of benzene rings is 1. The molecule has 1 aromatic carbocycles. The van der Waals surface area contributed by atoms with Crippen LogP contribution in [-0.4, -0.2) is 15.0 Å². The number of hydrogen-bond donors (Lipinski definition) is 1. The Morgan fingerprint density at radius 2 is 1.93 bits per heavy atom. The molecule has 1 aromatic heterocycles. The van der Waals surface area contributed by atoms with E-state index in [1.165, 1.54) is 0 Å². The van der Waals surface area contributed by atoms with E-state index < -0.39 is 0 Å². The first-order valence-electron chi connectivity index (χ1n) is 4.28. The normalized spacial score (nSPS) is 10.6. The average Bonchev–Trinajstić information content (AvgIpc) is 2.65. The van der Waals surface area contributed by atoms with Crippen LogP contribution in [0.3, 0.4) is 0 Å². The van der Waals surface area contributed by atoms with Gasteiger partial charge in [0.2, 0.25) is 0 Å². The van der Waals surface area contributed by atoms with Crippen LogP contribution in [0.15, 0.2) is 24.4 Å². The Labute approximate surface area is 96.6 Å². The molecule has 0 saturated carbocycles. The summed E-state index contributed by atoms with van der Waals surface area (Å²) < 4.78 is 1.55. The molecule has 0 atom stereocenters. The third kappa shape index (κ3) is 1.84. The molecular weight excluding hydrogens is 235 g/mol. The zero-order valence-electron chi connectivity index (χ0n) is 7.69. The molecule has 0 radical (unpaired) electrons. The minimum absolute atomic E-state index is 0.328. The molecule has 4 nitrogen and oxygen atoms in total. The molecule has 2 rings (SSSR count). The van der Waals surface area contributed by atoms with Crippen LogP contribution in [0.25, 0.3) is 5.69 Å². The zero-order valence-corrected chi connectivity index (χ0v) is 9.20. The van der Waals surface area contributed by atoms with Crippen LogP contribution in [0.1, 0.15) is 5.69 Å². The van der Waals surface area contributed by atoms with E-state index in [4.69, 9.17) is 28.9 Å². The molecule has 0 unspecified atom stereocenters. The van der Waals surface area contributed by atoms with Crippen LogP contribution in [0, 0.1) is 0 Å². The quantitative estimate of drug-likeness (QED) is 0.877. The Bertz CT molecular complexity index is 460. The molecule has 2 aromatic rings. The van der Waals surface area contributed by atoms with Crippen molar-refractivity contribution in [2.45, 2.75) is 6.54 Å². The lowest BCUT2D eigenvalue weighted by Gasteiger charge is -2.08. The summed E-state index contributed by atoms with van der Waals surface area (Å²) in [4.78, 5) is 0. The molecule has 78 valence electrons. The number of para-hydroxylation sites is 1. The predicted octanol–water partition coefficient (Wildman–Crippen LogP) is 2.03. The fraction of sp³-hybridized carbons (Fsp3) is 0.111. The molecule has 15 heavy (non-hydrogen) atoms. The van der Waals surface area contributed by atoms with Gasteiger partial charge in [0.25, 0.3) is 0 Å². The summed E-state index contributed by atoms with van der Waals surface area (Å²) >= 11 is 12.1. The van der Waals surface area contributed by atoms with Gasteiger partial charge in [-0.25, -0.2) is 4.68 Å². The average molecular weight is 243 g/mol. The van der Waals surface area contributed by atoms with Crippen LogP contribution in [0.5, 0.6) is 0 Å². The highest BCUT2D eigenvalue weighted by molar-refractivity contribution is 6.37. The minimum atomic E-state index is 0.328. The van der Waals surface area contributed by atoms with Crippen molar-refractivity contribution in [3.8, 4) is 5.69 Å². The number of rotatable bonds is 2. The van der Waals surface area contributed by atoms with Gasteiger partial charge in [0.1, 0.15) is 5.69 Å². The summed E-state index contributed by atoms with van der Waals surface area (Å²) in [6.45, 7) is 0.328. The molecule has 0 fully saturated rings. The van der Waals surface area contributed by atoms with Crippen molar-refractivity contribution >= 4 is 23.2 Å². The van der Waals surface area contributed by atoms with Crippen LogP contribution in [0.2, 0.25) is 10.0 Å². The fourth-order valence-electron chi connectivity index (χ4n) is 1.28. The SMILES string of the molecule is NCc1cnnn1-c1c(Cl)cccc1Cl. The molecule has 0 amide bonds. The van der Waals surface area contributed by atoms with Crippen molar-refractivity contribution in [3.05, 3.63) is 40.1 Å². The predicted molar refractivity (Wildman–Crippen MR) is 59.3 cm³/mol. The van der Waals surface area contributed by atoms with Crippen molar-refractivity contribution in [3.63, 3.8) is 0 Å². The zero-order chi connectivity index (χ0) is 10.8. The van der Waals surface area contributed by atoms with E-state index in [0.29, 0.717) is 22.3 Å². The summed E-state index contributed by atoms with van der Waals surface area (Å²) in [5.74, 6) is 0. The summed E-state index contributed by atoms with van der Waals surface area (Å²) in [7, 11) is 0. The summed E-state index contributed by atoms with van der Waals surface area (Å²) in [6.07, 6.45) is 1.58. The second kappa shape index (κ2) is 4.18. The first-order valence-corrected chi connectivity index (χ1v) is 5.03. The van der Waals surface area contributed by atoms with Crippen molar-refractivity contribution < 1.29 is 0 Å². The van der Waals surface area contributed by atoms with E-state index in [1.54, 1.807) is 29.1 Å². The third-order valence-electron chi connectivity index (χ3n) is 1.98. The lowest BCUT2D eigenvalue weighted by Crippen LogP contribution is -2.07. The van der Waals surface area contributed by atoms with E-state index in [0.717, 1.165) is 5.69 Å². The maximum absolute atomic E-state index is 6.04. The molecule has 0 aliphatic rings. The van der Waals surface area contributed by atoms with Gasteiger partial charge in [-0.3, -0.25) is 0 Å². The van der Waals surface area contributed by atoms with Crippen molar-refractivity contribution in [1.82, 2.24) is 15.0 Å². The highest BCUT2D eigenvalue weighted by Crippen LogP contribution is 2.28. The van der Waals surface area contributed by atoms with Gasteiger partial charge in [-0.15, -0.1) is 5.10 Å². The molecule has 1 heterocycles. The van der Waals surface area contributed by atoms with Gasteiger partial charge in [-0.2, -0.15) is 0 Å². The van der Waals surface area contributed by atoms with Gasteiger partial charge in [0.15, 0.2) is 0 Å². The highest BCUT2D eigenvalue weighted by atomic mass is 35.5. The Kier molecular flexibility index (Phi) is 2.90. The lowest BCUT2D eigenvalue weighted by molar-refractivity contribution is 0.762. The van der Waals surface area contributed by atoms with Gasteiger partial charge in [0, 0.05) is 6.54 Å². The molecule has 2 N–H and O–H groups in total. The summed E-state index contributed by atoms with van der Waals surface area (Å²) in [5.41, 5.74) is 6.91. The number of hydrogen-bond acceptors (Lipinski definition) is 3. The summed E-state index contributed by atoms with van der Waals surface area (Å²) in [6, 6.07) is 5.25. The highest BCUT2D eigenvalue weighted by Gasteiger charge is 2.11. The molecule has 6 heteroatoms. The molecule has 0 bridgehead atoms. The Balaban J connectivity index is 2.63. The van der Waals surface area contributed by atoms with Crippen LogP contribution in [-0.2, 0) is 6.54 Å². The lowest BCUT2D eigenvalue weighted by atomic mass is 10.3. The van der Waals surface area contributed by atoms with Gasteiger partial charge in [0.05, 0.1) is 21.9 Å². The topological polar surface area (TPSA) is 56.7 Å². The molecule has 0 saturated heterocycles. The van der Waals surface area contributed by atoms with Crippen LogP contribution < -0.4 is 5.73 Å². The van der Waals surface area contributed by atoms with E-state index in [-0.39, 0.29) is 0 Å². The maximum atomic E-state index is 6.04. The van der Waals surface area contributed by atoms with E-state index in [1.807, 2.05) is 0 Å². The molecule has 0 aliphatic heterocycles.